The van der Waals surface area contributed by atoms with Gasteiger partial charge in [0.1, 0.15) is 13.2 Å². The van der Waals surface area contributed by atoms with Gasteiger partial charge in [-0.15, -0.1) is 0 Å². The van der Waals surface area contributed by atoms with Crippen molar-refractivity contribution in [3.63, 3.8) is 0 Å². The molecule has 1 unspecified atom stereocenters. The Labute approximate surface area is 458 Å². The van der Waals surface area contributed by atoms with Gasteiger partial charge in [0, 0.05) is 19.3 Å². The van der Waals surface area contributed by atoms with Gasteiger partial charge in [-0.3, -0.25) is 14.4 Å². The zero-order valence-electron chi connectivity index (χ0n) is 48.8. The van der Waals surface area contributed by atoms with Crippen LogP contribution < -0.4 is 0 Å². The summed E-state index contributed by atoms with van der Waals surface area (Å²) in [5.74, 6) is -0.938. The third kappa shape index (κ3) is 59.5. The van der Waals surface area contributed by atoms with E-state index in [1.807, 2.05) is 0 Å². The molecule has 1 atom stereocenters. The van der Waals surface area contributed by atoms with Crippen LogP contribution in [0, 0.1) is 0 Å². The molecule has 0 fully saturated rings. The molecule has 0 heterocycles. The maximum atomic E-state index is 12.8. The molecule has 6 heteroatoms. The van der Waals surface area contributed by atoms with Gasteiger partial charge in [0.2, 0.25) is 0 Å². The summed E-state index contributed by atoms with van der Waals surface area (Å²) in [6.45, 7) is 6.45. The van der Waals surface area contributed by atoms with Crippen LogP contribution in [-0.2, 0) is 28.6 Å². The predicted molar refractivity (Wildman–Crippen MR) is 321 cm³/mol. The van der Waals surface area contributed by atoms with Gasteiger partial charge in [-0.05, 0) is 96.3 Å². The molecule has 0 N–H and O–H groups in total. The molecule has 426 valence electrons. The lowest BCUT2D eigenvalue weighted by Crippen LogP contribution is -2.30. The first-order valence-electron chi connectivity index (χ1n) is 31.6. The Hall–Kier alpha value is -3.41. The van der Waals surface area contributed by atoms with Crippen molar-refractivity contribution in [2.75, 3.05) is 13.2 Å². The van der Waals surface area contributed by atoms with E-state index in [0.29, 0.717) is 19.3 Å². The monoisotopic (exact) mass is 1030 g/mol. The number of hydrogen-bond donors (Lipinski definition) is 0. The van der Waals surface area contributed by atoms with Crippen molar-refractivity contribution in [1.82, 2.24) is 0 Å². The molecule has 0 bridgehead atoms. The van der Waals surface area contributed by atoms with Crippen LogP contribution in [0.5, 0.6) is 0 Å². The first-order chi connectivity index (χ1) is 36.5. The highest BCUT2D eigenvalue weighted by Gasteiger charge is 2.19. The largest absolute Gasteiger partial charge is 0.462 e. The van der Waals surface area contributed by atoms with E-state index in [0.717, 1.165) is 89.9 Å². The second-order valence-electron chi connectivity index (χ2n) is 20.9. The molecule has 0 saturated carbocycles. The number of hydrogen-bond acceptors (Lipinski definition) is 6. The van der Waals surface area contributed by atoms with Gasteiger partial charge in [0.05, 0.1) is 0 Å². The first-order valence-corrected chi connectivity index (χ1v) is 31.6. The van der Waals surface area contributed by atoms with Crippen molar-refractivity contribution in [3.8, 4) is 0 Å². The van der Waals surface area contributed by atoms with Gasteiger partial charge in [0.15, 0.2) is 6.10 Å². The van der Waals surface area contributed by atoms with Crippen molar-refractivity contribution in [1.29, 1.82) is 0 Å². The Bertz CT molecular complexity index is 1420. The second-order valence-corrected chi connectivity index (χ2v) is 20.9. The summed E-state index contributed by atoms with van der Waals surface area (Å²) >= 11 is 0. The molecule has 0 aromatic heterocycles. The lowest BCUT2D eigenvalue weighted by molar-refractivity contribution is -0.167. The minimum Gasteiger partial charge on any atom is -0.462 e. The van der Waals surface area contributed by atoms with Crippen molar-refractivity contribution in [2.24, 2.45) is 0 Å². The molecule has 0 radical (unpaired) electrons. The third-order valence-corrected chi connectivity index (χ3v) is 13.6. The highest BCUT2D eigenvalue weighted by Crippen LogP contribution is 2.16. The van der Waals surface area contributed by atoms with E-state index in [4.69, 9.17) is 14.2 Å². The molecule has 0 aliphatic heterocycles. The molecule has 0 rings (SSSR count). The number of unbranched alkanes of at least 4 members (excludes halogenated alkanes) is 32. The summed E-state index contributed by atoms with van der Waals surface area (Å²) < 4.78 is 16.8. The van der Waals surface area contributed by atoms with E-state index in [9.17, 15) is 14.4 Å². The van der Waals surface area contributed by atoms with Crippen LogP contribution in [0.3, 0.4) is 0 Å². The molecule has 0 aliphatic carbocycles. The summed E-state index contributed by atoms with van der Waals surface area (Å²) in [5, 5.41) is 0. The molecular weight excluding hydrogens is 913 g/mol. The van der Waals surface area contributed by atoms with Gasteiger partial charge in [0.25, 0.3) is 0 Å². The van der Waals surface area contributed by atoms with Gasteiger partial charge in [-0.25, -0.2) is 0 Å². The maximum Gasteiger partial charge on any atom is 0.306 e. The Morgan fingerprint density at radius 1 is 0.284 bits per heavy atom. The Kier molecular flexibility index (Phi) is 59.3. The van der Waals surface area contributed by atoms with Crippen LogP contribution >= 0.6 is 0 Å². The molecular formula is C68H118O6. The van der Waals surface area contributed by atoms with E-state index in [1.165, 1.54) is 173 Å². The second kappa shape index (κ2) is 62.1. The maximum absolute atomic E-state index is 12.8. The van der Waals surface area contributed by atoms with Crippen molar-refractivity contribution < 1.29 is 28.6 Å². The fraction of sp³-hybridized carbons (Fsp3) is 0.750. The summed E-state index contributed by atoms with van der Waals surface area (Å²) in [4.78, 5) is 38.0. The molecule has 74 heavy (non-hydrogen) atoms. The van der Waals surface area contributed by atoms with E-state index in [2.05, 4.69) is 106 Å². The summed E-state index contributed by atoms with van der Waals surface area (Å²) in [6.07, 6.45) is 82.1. The third-order valence-electron chi connectivity index (χ3n) is 13.6. The van der Waals surface area contributed by atoms with Crippen LogP contribution in [0.1, 0.15) is 310 Å². The molecule has 0 aliphatic rings. The number of carbonyl (C=O) groups excluding carboxylic acids is 3. The molecule has 0 saturated heterocycles. The Balaban J connectivity index is 4.10. The van der Waals surface area contributed by atoms with Crippen LogP contribution in [0.25, 0.3) is 0 Å². The molecule has 6 nitrogen and oxygen atoms in total. The zero-order valence-corrected chi connectivity index (χ0v) is 48.8. The van der Waals surface area contributed by atoms with Gasteiger partial charge < -0.3 is 14.2 Å². The minimum absolute atomic E-state index is 0.0921. The number of allylic oxidation sites excluding steroid dienone is 14. The Morgan fingerprint density at radius 3 is 0.865 bits per heavy atom. The van der Waals surface area contributed by atoms with Crippen LogP contribution in [0.2, 0.25) is 0 Å². The number of carbonyl (C=O) groups is 3. The summed E-state index contributed by atoms with van der Waals surface area (Å²) in [6, 6.07) is 0. The first kappa shape index (κ1) is 70.6. The van der Waals surface area contributed by atoms with Gasteiger partial charge in [-0.2, -0.15) is 0 Å². The topological polar surface area (TPSA) is 78.9 Å². The van der Waals surface area contributed by atoms with E-state index in [1.54, 1.807) is 0 Å². The lowest BCUT2D eigenvalue weighted by Gasteiger charge is -2.18. The van der Waals surface area contributed by atoms with Gasteiger partial charge in [-0.1, -0.05) is 279 Å². The van der Waals surface area contributed by atoms with Crippen molar-refractivity contribution in [2.45, 2.75) is 316 Å². The fourth-order valence-electron chi connectivity index (χ4n) is 8.91. The van der Waals surface area contributed by atoms with Crippen molar-refractivity contribution >= 4 is 17.9 Å². The SMILES string of the molecule is CC/C=C\C/C=C\C/C=C\C/C=C\C/C=C\C/C=C\CCCCC(=O)OC(COC(=O)CCCCCCCC)COC(=O)CCCCCCCCCCCCCCCCCCC/C=C\CCCCCCCCCC. The molecule has 0 aromatic rings. The highest BCUT2D eigenvalue weighted by atomic mass is 16.6. The fourth-order valence-corrected chi connectivity index (χ4v) is 8.91. The highest BCUT2D eigenvalue weighted by molar-refractivity contribution is 5.71. The van der Waals surface area contributed by atoms with Crippen LogP contribution in [0.15, 0.2) is 85.1 Å². The van der Waals surface area contributed by atoms with Crippen LogP contribution in [-0.4, -0.2) is 37.2 Å². The quantitative estimate of drug-likeness (QED) is 0.0261. The smallest absolute Gasteiger partial charge is 0.306 e. The van der Waals surface area contributed by atoms with E-state index < -0.39 is 6.10 Å². The zero-order chi connectivity index (χ0) is 53.6. The summed E-state index contributed by atoms with van der Waals surface area (Å²) in [5.41, 5.74) is 0. The average molecular weight is 1030 g/mol. The minimum atomic E-state index is -0.796. The number of rotatable bonds is 57. The average Bonchev–Trinajstić information content (AvgIpc) is 3.40. The van der Waals surface area contributed by atoms with Gasteiger partial charge >= 0.3 is 17.9 Å². The normalized spacial score (nSPS) is 12.6. The molecule has 0 aromatic carbocycles. The number of ether oxygens (including phenoxy) is 3. The summed E-state index contributed by atoms with van der Waals surface area (Å²) in [7, 11) is 0. The molecule has 0 spiro atoms. The lowest BCUT2D eigenvalue weighted by atomic mass is 10.0. The predicted octanol–water partition coefficient (Wildman–Crippen LogP) is 21.5. The van der Waals surface area contributed by atoms with E-state index >= 15 is 0 Å². The van der Waals surface area contributed by atoms with E-state index in [-0.39, 0.29) is 37.5 Å². The molecule has 0 amide bonds. The van der Waals surface area contributed by atoms with Crippen molar-refractivity contribution in [3.05, 3.63) is 85.1 Å². The number of esters is 3. The standard InChI is InChI=1S/C68H118O6/c1-4-7-10-13-16-18-20-22-24-26-28-30-31-32-33-34-35-36-37-39-40-42-44-46-48-50-52-55-58-61-67(70)73-64-65(63-72-66(69)60-57-54-15-12-9-6-3)74-68(71)62-59-56-53-51-49-47-45-43-41-38-29-27-25-23-21-19-17-14-11-8-5-2/h8,11,17,19,23,25-26,28-29,38,43,45,49,51,65H,4-7,9-10,12-16,18,20-22,24,27,30-37,39-42,44,46-48,50,52-64H2,1-3H3/b11-8-,19-17-,25-23-,28-26-,38-29-,45-43-,51-49-. The van der Waals surface area contributed by atoms with Crippen LogP contribution in [0.4, 0.5) is 0 Å². The Morgan fingerprint density at radius 2 is 0.527 bits per heavy atom.